The molecule has 108 valence electrons. The van der Waals surface area contributed by atoms with Gasteiger partial charge in [-0.1, -0.05) is 12.1 Å². The van der Waals surface area contributed by atoms with Gasteiger partial charge < -0.3 is 16.0 Å². The second kappa shape index (κ2) is 5.05. The van der Waals surface area contributed by atoms with E-state index in [0.717, 1.165) is 24.9 Å². The van der Waals surface area contributed by atoms with Crippen LogP contribution in [-0.2, 0) is 4.79 Å². The molecule has 1 amide bonds. The number of carbonyl (C=O) groups excluding carboxylic acids is 1. The highest BCUT2D eigenvalue weighted by Gasteiger charge is 2.42. The summed E-state index contributed by atoms with van der Waals surface area (Å²) in [5.74, 6) is -0.178. The largest absolute Gasteiger partial charge is 0.363 e. The molecule has 5 heteroatoms. The lowest BCUT2D eigenvalue weighted by Gasteiger charge is -2.39. The Kier molecular flexibility index (Phi) is 3.38. The standard InChI is InChI=1S/C15H20FN3O/c1-9(17)10-4-2-6-12(16)14(10)19-7-3-5-11-13(19)8-18-15(11)20/h2,4,6,9,11,13H,3,5,7-8,17H2,1H3,(H,18,20). The van der Waals surface area contributed by atoms with Gasteiger partial charge >= 0.3 is 0 Å². The van der Waals surface area contributed by atoms with E-state index < -0.39 is 0 Å². The minimum absolute atomic E-state index is 0.0238. The smallest absolute Gasteiger partial charge is 0.225 e. The average molecular weight is 277 g/mol. The summed E-state index contributed by atoms with van der Waals surface area (Å²) in [5, 5.41) is 2.90. The van der Waals surface area contributed by atoms with Crippen LogP contribution in [0.4, 0.5) is 10.1 Å². The Balaban J connectivity index is 2.02. The van der Waals surface area contributed by atoms with Gasteiger partial charge in [0.25, 0.3) is 0 Å². The summed E-state index contributed by atoms with van der Waals surface area (Å²) in [6.07, 6.45) is 1.79. The summed E-state index contributed by atoms with van der Waals surface area (Å²) in [5.41, 5.74) is 7.37. The molecular weight excluding hydrogens is 257 g/mol. The Labute approximate surface area is 118 Å². The number of nitrogens with zero attached hydrogens (tertiary/aromatic N) is 1. The lowest BCUT2D eigenvalue weighted by atomic mass is 9.90. The molecule has 0 radical (unpaired) electrons. The summed E-state index contributed by atoms with van der Waals surface area (Å²) < 4.78 is 14.3. The molecule has 3 rings (SSSR count). The molecule has 3 N–H and O–H groups in total. The van der Waals surface area contributed by atoms with Gasteiger partial charge in [-0.2, -0.15) is 0 Å². The number of halogens is 1. The zero-order valence-corrected chi connectivity index (χ0v) is 11.6. The van der Waals surface area contributed by atoms with Gasteiger partial charge in [0.15, 0.2) is 0 Å². The molecule has 1 aromatic carbocycles. The number of fused-ring (bicyclic) bond motifs is 1. The van der Waals surface area contributed by atoms with Gasteiger partial charge in [-0.25, -0.2) is 4.39 Å². The fourth-order valence-corrected chi connectivity index (χ4v) is 3.43. The molecule has 3 unspecified atom stereocenters. The number of carbonyl (C=O) groups is 1. The Bertz CT molecular complexity index is 532. The molecule has 2 fully saturated rings. The predicted octanol–water partition coefficient (Wildman–Crippen LogP) is 1.56. The Morgan fingerprint density at radius 2 is 2.30 bits per heavy atom. The molecule has 2 aliphatic heterocycles. The van der Waals surface area contributed by atoms with Crippen molar-refractivity contribution in [3.8, 4) is 0 Å². The summed E-state index contributed by atoms with van der Waals surface area (Å²) in [4.78, 5) is 13.9. The van der Waals surface area contributed by atoms with Crippen LogP contribution in [0.5, 0.6) is 0 Å². The van der Waals surface area contributed by atoms with Crippen molar-refractivity contribution in [1.29, 1.82) is 0 Å². The third-order valence-electron chi connectivity index (χ3n) is 4.40. The van der Waals surface area contributed by atoms with Crippen LogP contribution in [0.3, 0.4) is 0 Å². The lowest BCUT2D eigenvalue weighted by molar-refractivity contribution is -0.123. The van der Waals surface area contributed by atoms with Crippen LogP contribution in [0.2, 0.25) is 0 Å². The predicted molar refractivity (Wildman–Crippen MR) is 75.9 cm³/mol. The van der Waals surface area contributed by atoms with Crippen molar-refractivity contribution >= 4 is 11.6 Å². The first-order chi connectivity index (χ1) is 9.59. The number of amides is 1. The Morgan fingerprint density at radius 1 is 1.50 bits per heavy atom. The maximum Gasteiger partial charge on any atom is 0.225 e. The topological polar surface area (TPSA) is 58.4 Å². The molecule has 0 saturated carbocycles. The van der Waals surface area contributed by atoms with Crippen LogP contribution in [0, 0.1) is 11.7 Å². The molecule has 1 aromatic rings. The summed E-state index contributed by atoms with van der Waals surface area (Å²) >= 11 is 0. The van der Waals surface area contributed by atoms with Crippen molar-refractivity contribution in [3.63, 3.8) is 0 Å². The first-order valence-corrected chi connectivity index (χ1v) is 7.18. The molecule has 0 spiro atoms. The van der Waals surface area contributed by atoms with Gasteiger partial charge in [-0.15, -0.1) is 0 Å². The van der Waals surface area contributed by atoms with Crippen LogP contribution in [0.15, 0.2) is 18.2 Å². The van der Waals surface area contributed by atoms with Gasteiger partial charge in [-0.3, -0.25) is 4.79 Å². The number of hydrogen-bond donors (Lipinski definition) is 2. The van der Waals surface area contributed by atoms with Crippen LogP contribution >= 0.6 is 0 Å². The normalized spacial score (nSPS) is 27.1. The van der Waals surface area contributed by atoms with Gasteiger partial charge in [-0.05, 0) is 31.4 Å². The monoisotopic (exact) mass is 277 g/mol. The zero-order chi connectivity index (χ0) is 14.3. The summed E-state index contributed by atoms with van der Waals surface area (Å²) in [7, 11) is 0. The van der Waals surface area contributed by atoms with Crippen molar-refractivity contribution in [3.05, 3.63) is 29.6 Å². The first kappa shape index (κ1) is 13.4. The molecule has 2 heterocycles. The third-order valence-corrected chi connectivity index (χ3v) is 4.40. The molecule has 2 saturated heterocycles. The molecule has 0 aromatic heterocycles. The lowest BCUT2D eigenvalue weighted by Crippen LogP contribution is -2.46. The van der Waals surface area contributed by atoms with E-state index in [-0.39, 0.29) is 29.7 Å². The van der Waals surface area contributed by atoms with Crippen LogP contribution in [-0.4, -0.2) is 25.0 Å². The van der Waals surface area contributed by atoms with Gasteiger partial charge in [0.05, 0.1) is 17.6 Å². The quantitative estimate of drug-likeness (QED) is 0.862. The van der Waals surface area contributed by atoms with E-state index in [1.54, 1.807) is 6.07 Å². The number of piperidine rings is 1. The van der Waals surface area contributed by atoms with Crippen molar-refractivity contribution in [2.75, 3.05) is 18.0 Å². The maximum atomic E-state index is 14.3. The Hall–Kier alpha value is -1.62. The number of rotatable bonds is 2. The van der Waals surface area contributed by atoms with Crippen molar-refractivity contribution in [2.24, 2.45) is 11.7 Å². The van der Waals surface area contributed by atoms with E-state index in [1.165, 1.54) is 6.07 Å². The van der Waals surface area contributed by atoms with Gasteiger partial charge in [0.1, 0.15) is 5.82 Å². The van der Waals surface area contributed by atoms with E-state index in [9.17, 15) is 9.18 Å². The summed E-state index contributed by atoms with van der Waals surface area (Å²) in [6, 6.07) is 4.85. The fourth-order valence-electron chi connectivity index (χ4n) is 3.43. The minimum atomic E-state index is -0.250. The van der Waals surface area contributed by atoms with Crippen LogP contribution in [0.1, 0.15) is 31.4 Å². The number of para-hydroxylation sites is 1. The number of anilines is 1. The van der Waals surface area contributed by atoms with Crippen LogP contribution in [0.25, 0.3) is 0 Å². The van der Waals surface area contributed by atoms with E-state index >= 15 is 0 Å². The Morgan fingerprint density at radius 3 is 3.05 bits per heavy atom. The molecular formula is C15H20FN3O. The van der Waals surface area contributed by atoms with Crippen molar-refractivity contribution in [1.82, 2.24) is 5.32 Å². The highest BCUT2D eigenvalue weighted by molar-refractivity contribution is 5.83. The van der Waals surface area contributed by atoms with Crippen LogP contribution < -0.4 is 16.0 Å². The van der Waals surface area contributed by atoms with E-state index in [0.29, 0.717) is 12.2 Å². The number of nitrogens with one attached hydrogen (secondary N) is 1. The second-order valence-electron chi connectivity index (χ2n) is 5.72. The molecule has 0 aliphatic carbocycles. The van der Waals surface area contributed by atoms with E-state index in [1.807, 2.05) is 17.9 Å². The maximum absolute atomic E-state index is 14.3. The summed E-state index contributed by atoms with van der Waals surface area (Å²) in [6.45, 7) is 3.23. The minimum Gasteiger partial charge on any atom is -0.363 e. The molecule has 3 atom stereocenters. The van der Waals surface area contributed by atoms with Gasteiger partial charge in [0, 0.05) is 19.1 Å². The fraction of sp³-hybridized carbons (Fsp3) is 0.533. The highest BCUT2D eigenvalue weighted by Crippen LogP contribution is 2.36. The number of nitrogens with two attached hydrogens (primary N) is 1. The average Bonchev–Trinajstić information content (AvgIpc) is 2.80. The number of benzene rings is 1. The molecule has 2 aliphatic rings. The first-order valence-electron chi connectivity index (χ1n) is 7.18. The third kappa shape index (κ3) is 2.06. The SMILES string of the molecule is CC(N)c1cccc(F)c1N1CCCC2C(=O)NCC21. The van der Waals surface area contributed by atoms with Crippen molar-refractivity contribution in [2.45, 2.75) is 31.8 Å². The van der Waals surface area contributed by atoms with E-state index in [4.69, 9.17) is 5.73 Å². The molecule has 0 bridgehead atoms. The van der Waals surface area contributed by atoms with Gasteiger partial charge in [0.2, 0.25) is 5.91 Å². The van der Waals surface area contributed by atoms with Crippen molar-refractivity contribution < 1.29 is 9.18 Å². The number of hydrogen-bond acceptors (Lipinski definition) is 3. The zero-order valence-electron chi connectivity index (χ0n) is 11.6. The van der Waals surface area contributed by atoms with E-state index in [2.05, 4.69) is 5.32 Å². The second-order valence-corrected chi connectivity index (χ2v) is 5.72. The highest BCUT2D eigenvalue weighted by atomic mass is 19.1. The molecule has 20 heavy (non-hydrogen) atoms. The molecule has 4 nitrogen and oxygen atoms in total.